The van der Waals surface area contributed by atoms with Crippen LogP contribution in [0.2, 0.25) is 0 Å². The van der Waals surface area contributed by atoms with Crippen LogP contribution in [0.4, 0.5) is 5.69 Å². The van der Waals surface area contributed by atoms with Gasteiger partial charge in [-0.25, -0.2) is 8.42 Å². The molecular formula is C21H26N2O4S. The van der Waals surface area contributed by atoms with E-state index < -0.39 is 10.0 Å². The molecule has 0 aromatic heterocycles. The lowest BCUT2D eigenvalue weighted by Gasteiger charge is -2.54. The lowest BCUT2D eigenvalue weighted by molar-refractivity contribution is -0.162. The van der Waals surface area contributed by atoms with Gasteiger partial charge in [0.25, 0.3) is 10.0 Å². The number of ether oxygens (including phenoxy) is 1. The fourth-order valence-electron chi connectivity index (χ4n) is 4.54. The van der Waals surface area contributed by atoms with E-state index in [-0.39, 0.29) is 34.9 Å². The molecule has 2 aromatic rings. The van der Waals surface area contributed by atoms with Gasteiger partial charge in [0.1, 0.15) is 6.54 Å². The van der Waals surface area contributed by atoms with Crippen molar-refractivity contribution in [2.24, 2.45) is 5.41 Å². The fourth-order valence-corrected chi connectivity index (χ4v) is 6.20. The molecule has 0 unspecified atom stereocenters. The third-order valence-electron chi connectivity index (χ3n) is 6.31. The van der Waals surface area contributed by atoms with E-state index in [0.717, 1.165) is 11.8 Å². The zero-order chi connectivity index (χ0) is 20.3. The van der Waals surface area contributed by atoms with Crippen molar-refractivity contribution in [3.05, 3.63) is 36.4 Å². The second-order valence-corrected chi connectivity index (χ2v) is 10.00. The number of likely N-dealkylation sites (N-methyl/N-ethyl adjacent to an activating group) is 1. The molecule has 0 saturated heterocycles. The van der Waals surface area contributed by atoms with E-state index in [2.05, 4.69) is 13.8 Å². The van der Waals surface area contributed by atoms with Crippen LogP contribution in [0.3, 0.4) is 0 Å². The highest BCUT2D eigenvalue weighted by atomic mass is 32.2. The first-order valence-corrected chi connectivity index (χ1v) is 11.0. The summed E-state index contributed by atoms with van der Waals surface area (Å²) in [4.78, 5) is 15.0. The van der Waals surface area contributed by atoms with Crippen LogP contribution in [-0.4, -0.2) is 51.6 Å². The fraction of sp³-hybridized carbons (Fsp3) is 0.476. The Kier molecular flexibility index (Phi) is 4.43. The zero-order valence-corrected chi connectivity index (χ0v) is 17.5. The summed E-state index contributed by atoms with van der Waals surface area (Å²) in [5.41, 5.74) is 0.419. The maximum atomic E-state index is 13.1. The maximum absolute atomic E-state index is 13.1. The molecule has 1 aliphatic heterocycles. The largest absolute Gasteiger partial charge is 0.378 e. The van der Waals surface area contributed by atoms with Crippen LogP contribution < -0.4 is 4.31 Å². The number of nitrogens with zero attached hydrogens (tertiary/aromatic N) is 2. The van der Waals surface area contributed by atoms with E-state index in [4.69, 9.17) is 4.74 Å². The quantitative estimate of drug-likeness (QED) is 0.771. The smallest absolute Gasteiger partial charge is 0.265 e. The van der Waals surface area contributed by atoms with Crippen molar-refractivity contribution in [2.75, 3.05) is 24.5 Å². The highest BCUT2D eigenvalue weighted by Crippen LogP contribution is 2.46. The predicted molar refractivity (Wildman–Crippen MR) is 109 cm³/mol. The monoisotopic (exact) mass is 402 g/mol. The van der Waals surface area contributed by atoms with Gasteiger partial charge in [0.15, 0.2) is 0 Å². The van der Waals surface area contributed by atoms with Crippen LogP contribution >= 0.6 is 0 Å². The van der Waals surface area contributed by atoms with Crippen LogP contribution in [-0.2, 0) is 19.6 Å². The van der Waals surface area contributed by atoms with Gasteiger partial charge in [-0.2, -0.15) is 0 Å². The molecule has 2 atom stereocenters. The van der Waals surface area contributed by atoms with Crippen molar-refractivity contribution >= 4 is 32.4 Å². The van der Waals surface area contributed by atoms with Crippen molar-refractivity contribution < 1.29 is 17.9 Å². The van der Waals surface area contributed by atoms with Crippen molar-refractivity contribution in [3.8, 4) is 0 Å². The first-order chi connectivity index (χ1) is 13.2. The standard InChI is InChI=1S/C21H26N2O4S/c1-5-27-18-12-17(21(18,2)3)22(4)19(24)13-23-15-10-6-8-14-9-7-11-16(20(14)15)28(23,25)26/h6-11,17-18H,5,12-13H2,1-4H3/t17-,18-/m1/s1. The molecule has 0 radical (unpaired) electrons. The molecule has 0 bridgehead atoms. The summed E-state index contributed by atoms with van der Waals surface area (Å²) >= 11 is 0. The molecule has 6 nitrogen and oxygen atoms in total. The van der Waals surface area contributed by atoms with Crippen molar-refractivity contribution in [2.45, 2.75) is 44.2 Å². The minimum atomic E-state index is -3.73. The third kappa shape index (κ3) is 2.63. The molecular weight excluding hydrogens is 376 g/mol. The van der Waals surface area contributed by atoms with Gasteiger partial charge in [0, 0.05) is 30.5 Å². The van der Waals surface area contributed by atoms with Crippen molar-refractivity contribution in [3.63, 3.8) is 0 Å². The van der Waals surface area contributed by atoms with Crippen LogP contribution in [0.1, 0.15) is 27.2 Å². The van der Waals surface area contributed by atoms with Crippen LogP contribution in [0.5, 0.6) is 0 Å². The highest BCUT2D eigenvalue weighted by Gasteiger charge is 2.52. The van der Waals surface area contributed by atoms with Gasteiger partial charge in [-0.1, -0.05) is 38.1 Å². The molecule has 150 valence electrons. The normalized spacial score (nSPS) is 24.2. The molecule has 7 heteroatoms. The van der Waals surface area contributed by atoms with Gasteiger partial charge in [0.05, 0.1) is 16.7 Å². The van der Waals surface area contributed by atoms with Crippen LogP contribution in [0.25, 0.3) is 10.8 Å². The summed E-state index contributed by atoms with van der Waals surface area (Å²) < 4.78 is 33.2. The molecule has 4 rings (SSSR count). The number of amides is 1. The van der Waals surface area contributed by atoms with Gasteiger partial charge in [-0.3, -0.25) is 9.10 Å². The number of rotatable bonds is 5. The average Bonchev–Trinajstić information content (AvgIpc) is 2.87. The van der Waals surface area contributed by atoms with Crippen LogP contribution in [0, 0.1) is 5.41 Å². The Hall–Kier alpha value is -2.12. The summed E-state index contributed by atoms with van der Waals surface area (Å²) in [5.74, 6) is -0.207. The van der Waals surface area contributed by atoms with Gasteiger partial charge in [-0.15, -0.1) is 0 Å². The molecule has 1 amide bonds. The van der Waals surface area contributed by atoms with E-state index in [1.54, 1.807) is 30.1 Å². The number of anilines is 1. The number of hydrogen-bond acceptors (Lipinski definition) is 4. The average molecular weight is 403 g/mol. The number of carbonyl (C=O) groups excluding carboxylic acids is 1. The van der Waals surface area contributed by atoms with Gasteiger partial charge in [-0.05, 0) is 30.9 Å². The maximum Gasteiger partial charge on any atom is 0.265 e. The molecule has 0 N–H and O–H groups in total. The lowest BCUT2D eigenvalue weighted by Crippen LogP contribution is -2.63. The molecule has 1 saturated carbocycles. The second kappa shape index (κ2) is 6.46. The Labute approximate surface area is 166 Å². The van der Waals surface area contributed by atoms with E-state index in [1.807, 2.05) is 25.1 Å². The molecule has 2 aliphatic rings. The van der Waals surface area contributed by atoms with E-state index in [9.17, 15) is 13.2 Å². The van der Waals surface area contributed by atoms with Crippen molar-refractivity contribution in [1.29, 1.82) is 0 Å². The molecule has 28 heavy (non-hydrogen) atoms. The summed E-state index contributed by atoms with van der Waals surface area (Å²) in [7, 11) is -1.97. The number of carbonyl (C=O) groups is 1. The first-order valence-electron chi connectivity index (χ1n) is 9.61. The first kappa shape index (κ1) is 19.2. The topological polar surface area (TPSA) is 66.9 Å². The number of hydrogen-bond donors (Lipinski definition) is 0. The van der Waals surface area contributed by atoms with Gasteiger partial charge >= 0.3 is 0 Å². The SMILES string of the molecule is CCO[C@@H]1C[C@@H](N(C)C(=O)CN2c3cccc4cccc(c34)S2(=O)=O)C1(C)C. The second-order valence-electron chi connectivity index (χ2n) is 8.16. The third-order valence-corrected chi connectivity index (χ3v) is 8.12. The summed E-state index contributed by atoms with van der Waals surface area (Å²) in [6.45, 7) is 6.60. The molecule has 0 spiro atoms. The molecule has 1 fully saturated rings. The van der Waals surface area contributed by atoms with Gasteiger partial charge in [0.2, 0.25) is 5.91 Å². The Morgan fingerprint density at radius 3 is 2.57 bits per heavy atom. The number of benzene rings is 2. The van der Waals surface area contributed by atoms with E-state index in [0.29, 0.717) is 17.7 Å². The minimum absolute atomic E-state index is 0.0278. The summed E-state index contributed by atoms with van der Waals surface area (Å²) in [5, 5.41) is 1.56. The Bertz CT molecular complexity index is 1040. The van der Waals surface area contributed by atoms with Crippen molar-refractivity contribution in [1.82, 2.24) is 4.90 Å². The summed E-state index contributed by atoms with van der Waals surface area (Å²) in [6, 6.07) is 10.7. The molecule has 1 heterocycles. The van der Waals surface area contributed by atoms with Crippen LogP contribution in [0.15, 0.2) is 41.3 Å². The van der Waals surface area contributed by atoms with Gasteiger partial charge < -0.3 is 9.64 Å². The Morgan fingerprint density at radius 1 is 1.25 bits per heavy atom. The zero-order valence-electron chi connectivity index (χ0n) is 16.7. The minimum Gasteiger partial charge on any atom is -0.378 e. The lowest BCUT2D eigenvalue weighted by atomic mass is 9.64. The Morgan fingerprint density at radius 2 is 1.93 bits per heavy atom. The molecule has 1 aliphatic carbocycles. The summed E-state index contributed by atoms with van der Waals surface area (Å²) in [6.07, 6.45) is 0.886. The highest BCUT2D eigenvalue weighted by molar-refractivity contribution is 7.93. The van der Waals surface area contributed by atoms with E-state index >= 15 is 0 Å². The number of sulfonamides is 1. The Balaban J connectivity index is 1.59. The molecule has 2 aromatic carbocycles. The predicted octanol–water partition coefficient (Wildman–Crippen LogP) is 3.01. The van der Waals surface area contributed by atoms with E-state index in [1.165, 1.54) is 4.31 Å².